The van der Waals surface area contributed by atoms with Crippen LogP contribution >= 0.6 is 0 Å². The number of rotatable bonds is 6. The number of carbonyl (C=O) groups is 1. The molecule has 8 heteroatoms. The largest absolute Gasteiger partial charge is 0.480 e. The molecule has 31 heavy (non-hydrogen) atoms. The molecule has 4 aromatic rings. The molecule has 4 rings (SSSR count). The third-order valence-electron chi connectivity index (χ3n) is 4.95. The summed E-state index contributed by atoms with van der Waals surface area (Å²) in [6.07, 6.45) is 1.69. The summed E-state index contributed by atoms with van der Waals surface area (Å²) in [5, 5.41) is 3.07. The van der Waals surface area contributed by atoms with Crippen LogP contribution in [0.1, 0.15) is 11.6 Å². The first-order valence-electron chi connectivity index (χ1n) is 9.66. The highest BCUT2D eigenvalue weighted by molar-refractivity contribution is 5.95. The predicted molar refractivity (Wildman–Crippen MR) is 117 cm³/mol. The van der Waals surface area contributed by atoms with E-state index in [1.165, 1.54) is 13.3 Å². The molecular formula is C23H20N4O4. The van der Waals surface area contributed by atoms with Crippen molar-refractivity contribution >= 4 is 22.5 Å². The average Bonchev–Trinajstić information content (AvgIpc) is 2.79. The summed E-state index contributed by atoms with van der Waals surface area (Å²) in [6.45, 7) is 0. The number of amides is 1. The maximum absolute atomic E-state index is 13.3. The minimum atomic E-state index is -1.09. The SMILES string of the molecule is COc1ncccc1NC(=O)[C@H](Cc1ccccc1)n1c(=O)[nH]c2ccccc2c1=O. The number of aromatic nitrogens is 3. The number of aromatic amines is 1. The summed E-state index contributed by atoms with van der Waals surface area (Å²) < 4.78 is 6.16. The molecule has 0 saturated carbocycles. The maximum atomic E-state index is 13.3. The second-order valence-corrected chi connectivity index (χ2v) is 6.91. The zero-order chi connectivity index (χ0) is 21.8. The van der Waals surface area contributed by atoms with Gasteiger partial charge in [0.05, 0.1) is 18.0 Å². The zero-order valence-corrected chi connectivity index (χ0v) is 16.7. The first kappa shape index (κ1) is 20.1. The van der Waals surface area contributed by atoms with Crippen molar-refractivity contribution < 1.29 is 9.53 Å². The minimum Gasteiger partial charge on any atom is -0.480 e. The van der Waals surface area contributed by atoms with E-state index >= 15 is 0 Å². The van der Waals surface area contributed by atoms with Crippen molar-refractivity contribution in [2.75, 3.05) is 12.4 Å². The van der Waals surface area contributed by atoms with Crippen molar-refractivity contribution in [3.63, 3.8) is 0 Å². The highest BCUT2D eigenvalue weighted by atomic mass is 16.5. The number of pyridine rings is 1. The Balaban J connectivity index is 1.82. The lowest BCUT2D eigenvalue weighted by molar-refractivity contribution is -0.119. The minimum absolute atomic E-state index is 0.149. The van der Waals surface area contributed by atoms with Crippen LogP contribution in [0.15, 0.2) is 82.5 Å². The number of para-hydroxylation sites is 1. The summed E-state index contributed by atoms with van der Waals surface area (Å²) in [4.78, 5) is 46.1. The molecule has 1 atom stereocenters. The summed E-state index contributed by atoms with van der Waals surface area (Å²) in [7, 11) is 1.44. The van der Waals surface area contributed by atoms with Crippen molar-refractivity contribution in [1.29, 1.82) is 0 Å². The number of anilines is 1. The number of carbonyl (C=O) groups excluding carboxylic acids is 1. The molecule has 2 aromatic heterocycles. The van der Waals surface area contributed by atoms with Crippen LogP contribution in [0.5, 0.6) is 5.88 Å². The van der Waals surface area contributed by atoms with Crippen molar-refractivity contribution in [3.8, 4) is 5.88 Å². The molecule has 0 saturated heterocycles. The van der Waals surface area contributed by atoms with Crippen LogP contribution < -0.4 is 21.3 Å². The van der Waals surface area contributed by atoms with Gasteiger partial charge in [0.1, 0.15) is 11.7 Å². The van der Waals surface area contributed by atoms with E-state index in [-0.39, 0.29) is 12.3 Å². The van der Waals surface area contributed by atoms with Gasteiger partial charge < -0.3 is 15.0 Å². The van der Waals surface area contributed by atoms with Gasteiger partial charge in [-0.2, -0.15) is 0 Å². The number of hydrogen-bond donors (Lipinski definition) is 2. The summed E-state index contributed by atoms with van der Waals surface area (Å²) >= 11 is 0. The Morgan fingerprint density at radius 3 is 2.58 bits per heavy atom. The highest BCUT2D eigenvalue weighted by Gasteiger charge is 2.26. The van der Waals surface area contributed by atoms with Gasteiger partial charge in [-0.3, -0.25) is 9.59 Å². The Morgan fingerprint density at radius 2 is 1.81 bits per heavy atom. The van der Waals surface area contributed by atoms with Crippen molar-refractivity contribution in [1.82, 2.24) is 14.5 Å². The van der Waals surface area contributed by atoms with Crippen LogP contribution in [0, 0.1) is 0 Å². The second-order valence-electron chi connectivity index (χ2n) is 6.91. The van der Waals surface area contributed by atoms with E-state index in [1.54, 1.807) is 36.4 Å². The molecular weight excluding hydrogens is 396 g/mol. The van der Waals surface area contributed by atoms with Crippen LogP contribution in [-0.4, -0.2) is 27.6 Å². The van der Waals surface area contributed by atoms with Gasteiger partial charge in [-0.05, 0) is 29.8 Å². The van der Waals surface area contributed by atoms with E-state index in [0.29, 0.717) is 16.6 Å². The summed E-state index contributed by atoms with van der Waals surface area (Å²) in [5.74, 6) is -0.299. The summed E-state index contributed by atoms with van der Waals surface area (Å²) in [5.41, 5.74) is 0.381. The van der Waals surface area contributed by atoms with E-state index in [1.807, 2.05) is 30.3 Å². The fourth-order valence-electron chi connectivity index (χ4n) is 3.46. The number of nitrogens with one attached hydrogen (secondary N) is 2. The molecule has 0 spiro atoms. The third kappa shape index (κ3) is 4.09. The number of ether oxygens (including phenoxy) is 1. The molecule has 1 amide bonds. The van der Waals surface area contributed by atoms with Gasteiger partial charge in [-0.1, -0.05) is 42.5 Å². The van der Waals surface area contributed by atoms with Crippen molar-refractivity contribution in [2.24, 2.45) is 0 Å². The van der Waals surface area contributed by atoms with E-state index < -0.39 is 23.2 Å². The number of methoxy groups -OCH3 is 1. The molecule has 2 aromatic carbocycles. The van der Waals surface area contributed by atoms with Crippen LogP contribution in [-0.2, 0) is 11.2 Å². The molecule has 0 aliphatic carbocycles. The number of benzene rings is 2. The molecule has 8 nitrogen and oxygen atoms in total. The Hall–Kier alpha value is -4.20. The van der Waals surface area contributed by atoms with E-state index in [9.17, 15) is 14.4 Å². The van der Waals surface area contributed by atoms with Crippen molar-refractivity contribution in [3.05, 3.63) is 99.3 Å². The number of fused-ring (bicyclic) bond motifs is 1. The van der Waals surface area contributed by atoms with Gasteiger partial charge in [0.2, 0.25) is 11.8 Å². The van der Waals surface area contributed by atoms with Gasteiger partial charge in [-0.25, -0.2) is 14.3 Å². The molecule has 0 aliphatic heterocycles. The second kappa shape index (κ2) is 8.66. The van der Waals surface area contributed by atoms with E-state index in [4.69, 9.17) is 4.74 Å². The Kier molecular flexibility index (Phi) is 5.61. The maximum Gasteiger partial charge on any atom is 0.329 e. The van der Waals surface area contributed by atoms with Crippen LogP contribution in [0.25, 0.3) is 10.9 Å². The first-order chi connectivity index (χ1) is 15.1. The smallest absolute Gasteiger partial charge is 0.329 e. The molecule has 0 radical (unpaired) electrons. The molecule has 0 fully saturated rings. The van der Waals surface area contributed by atoms with E-state index in [0.717, 1.165) is 10.1 Å². The van der Waals surface area contributed by atoms with Crippen LogP contribution in [0.4, 0.5) is 5.69 Å². The molecule has 0 bridgehead atoms. The number of nitrogens with zero attached hydrogens (tertiary/aromatic N) is 2. The summed E-state index contributed by atoms with van der Waals surface area (Å²) in [6, 6.07) is 18.1. The Morgan fingerprint density at radius 1 is 1.06 bits per heavy atom. The monoisotopic (exact) mass is 416 g/mol. The predicted octanol–water partition coefficient (Wildman–Crippen LogP) is 2.52. The fourth-order valence-corrected chi connectivity index (χ4v) is 3.46. The van der Waals surface area contributed by atoms with Gasteiger partial charge in [0.25, 0.3) is 5.56 Å². The Bertz CT molecular complexity index is 1350. The zero-order valence-electron chi connectivity index (χ0n) is 16.7. The lowest BCUT2D eigenvalue weighted by atomic mass is 10.0. The molecule has 156 valence electrons. The Labute approximate surface area is 177 Å². The third-order valence-corrected chi connectivity index (χ3v) is 4.95. The van der Waals surface area contributed by atoms with E-state index in [2.05, 4.69) is 15.3 Å². The fraction of sp³-hybridized carbons (Fsp3) is 0.130. The van der Waals surface area contributed by atoms with Gasteiger partial charge in [0.15, 0.2) is 0 Å². The lowest BCUT2D eigenvalue weighted by Crippen LogP contribution is -2.43. The molecule has 2 N–H and O–H groups in total. The number of H-pyrrole nitrogens is 1. The standard InChI is InChI=1S/C23H20N4O4/c1-31-21-18(12-7-13-24-21)25-20(28)19(14-15-8-3-2-4-9-15)27-22(29)16-10-5-6-11-17(16)26-23(27)30/h2-13,19H,14H2,1H3,(H,25,28)(H,26,30)/t19-/m0/s1. The quantitative estimate of drug-likeness (QED) is 0.502. The molecule has 0 aliphatic rings. The normalized spacial score (nSPS) is 11.8. The first-order valence-corrected chi connectivity index (χ1v) is 9.66. The van der Waals surface area contributed by atoms with Gasteiger partial charge in [0, 0.05) is 12.6 Å². The van der Waals surface area contributed by atoms with Crippen LogP contribution in [0.3, 0.4) is 0 Å². The van der Waals surface area contributed by atoms with Crippen LogP contribution in [0.2, 0.25) is 0 Å². The van der Waals surface area contributed by atoms with Gasteiger partial charge >= 0.3 is 5.69 Å². The highest BCUT2D eigenvalue weighted by Crippen LogP contribution is 2.22. The number of hydrogen-bond acceptors (Lipinski definition) is 5. The topological polar surface area (TPSA) is 106 Å². The average molecular weight is 416 g/mol. The molecule has 0 unspecified atom stereocenters. The van der Waals surface area contributed by atoms with Gasteiger partial charge in [-0.15, -0.1) is 0 Å². The lowest BCUT2D eigenvalue weighted by Gasteiger charge is -2.20. The molecule has 2 heterocycles. The van der Waals surface area contributed by atoms with Crippen molar-refractivity contribution in [2.45, 2.75) is 12.5 Å².